The zero-order chi connectivity index (χ0) is 52.8. The molecule has 3 aromatic rings. The molecule has 13 nitrogen and oxygen atoms in total. The highest BCUT2D eigenvalue weighted by molar-refractivity contribution is 6.74. The highest BCUT2D eigenvalue weighted by atomic mass is 28.4. The molecule has 15 heteroatoms. The quantitative estimate of drug-likeness (QED) is 0.00955. The van der Waals surface area contributed by atoms with Crippen LogP contribution < -0.4 is 0 Å². The van der Waals surface area contributed by atoms with E-state index in [4.69, 9.17) is 32.5 Å². The van der Waals surface area contributed by atoms with Gasteiger partial charge in [-0.05, 0) is 97.1 Å². The van der Waals surface area contributed by atoms with Crippen molar-refractivity contribution in [2.24, 2.45) is 5.11 Å². The van der Waals surface area contributed by atoms with Crippen LogP contribution in [0.25, 0.3) is 10.4 Å². The predicted molar refractivity (Wildman–Crippen MR) is 290 cm³/mol. The average Bonchev–Trinajstić information content (AvgIpc) is 3.34. The summed E-state index contributed by atoms with van der Waals surface area (Å²) in [5.74, 6) is -1.91. The number of esters is 3. The molecule has 7 atom stereocenters. The van der Waals surface area contributed by atoms with Gasteiger partial charge in [0.2, 0.25) is 0 Å². The normalized spacial score (nSPS) is 19.5. The molecule has 0 radical (unpaired) electrons. The molecule has 0 spiro atoms. The molecular weight excluding hydrogens is 943 g/mol. The summed E-state index contributed by atoms with van der Waals surface area (Å²) in [6, 6.07) is 24.7. The van der Waals surface area contributed by atoms with Crippen molar-refractivity contribution in [3.05, 3.63) is 130 Å². The molecule has 0 N–H and O–H groups in total. The molecule has 396 valence electrons. The van der Waals surface area contributed by atoms with Gasteiger partial charge in [-0.1, -0.05) is 178 Å². The van der Waals surface area contributed by atoms with Gasteiger partial charge in [-0.3, -0.25) is 0 Å². The lowest BCUT2D eigenvalue weighted by Gasteiger charge is -2.49. The Labute approximate surface area is 433 Å². The lowest BCUT2D eigenvalue weighted by Crippen LogP contribution is -2.65. The van der Waals surface area contributed by atoms with Crippen molar-refractivity contribution in [2.45, 2.75) is 205 Å². The van der Waals surface area contributed by atoms with E-state index in [1.165, 1.54) is 51.4 Å². The fourth-order valence-electron chi connectivity index (χ4n) is 7.73. The minimum absolute atomic E-state index is 0.0475. The largest absolute Gasteiger partial charge is 0.454 e. The van der Waals surface area contributed by atoms with Crippen molar-refractivity contribution in [1.29, 1.82) is 0 Å². The molecule has 1 aliphatic rings. The zero-order valence-corrected chi connectivity index (χ0v) is 47.2. The van der Waals surface area contributed by atoms with Crippen molar-refractivity contribution in [2.75, 3.05) is 13.2 Å². The predicted octanol–water partition coefficient (Wildman–Crippen LogP) is 14.8. The third-order valence-corrected chi connectivity index (χ3v) is 23.3. The smallest absolute Gasteiger partial charge is 0.338 e. The average molecular weight is 1030 g/mol. The molecule has 1 aliphatic heterocycles. The molecule has 1 fully saturated rings. The minimum Gasteiger partial charge on any atom is -0.454 e. The Morgan fingerprint density at radius 1 is 0.653 bits per heavy atom. The topological polar surface area (TPSA) is 165 Å². The van der Waals surface area contributed by atoms with Crippen LogP contribution in [-0.4, -0.2) is 90.6 Å². The van der Waals surface area contributed by atoms with Gasteiger partial charge in [0, 0.05) is 4.91 Å². The van der Waals surface area contributed by atoms with E-state index in [9.17, 15) is 19.9 Å². The Morgan fingerprint density at radius 3 is 1.58 bits per heavy atom. The summed E-state index contributed by atoms with van der Waals surface area (Å²) in [5.41, 5.74) is 10.9. The number of nitrogens with zero attached hydrogens (tertiary/aromatic N) is 3. The monoisotopic (exact) mass is 1030 g/mol. The van der Waals surface area contributed by atoms with Crippen LogP contribution in [-0.2, 0) is 32.5 Å². The molecule has 1 heterocycles. The number of hydrogen-bond acceptors (Lipinski definition) is 11. The van der Waals surface area contributed by atoms with Gasteiger partial charge >= 0.3 is 17.9 Å². The molecular formula is C57H85N3O10Si2. The van der Waals surface area contributed by atoms with Gasteiger partial charge in [-0.2, -0.15) is 0 Å². The second-order valence-electron chi connectivity index (χ2n) is 22.0. The van der Waals surface area contributed by atoms with E-state index < -0.39 is 77.4 Å². The zero-order valence-electron chi connectivity index (χ0n) is 45.2. The number of allylic oxidation sites excluding steroid dienone is 1. The molecule has 72 heavy (non-hydrogen) atoms. The number of carbonyl (C=O) groups excluding carboxylic acids is 3. The maximum atomic E-state index is 14.3. The third kappa shape index (κ3) is 19.0. The van der Waals surface area contributed by atoms with Gasteiger partial charge < -0.3 is 32.5 Å². The number of rotatable bonds is 29. The Balaban J connectivity index is 1.73. The minimum atomic E-state index is -2.81. The fraction of sp³-hybridized carbons (Fsp3) is 0.596. The van der Waals surface area contributed by atoms with E-state index in [1.807, 2.05) is 12.1 Å². The van der Waals surface area contributed by atoms with E-state index in [1.54, 1.807) is 91.0 Å². The summed E-state index contributed by atoms with van der Waals surface area (Å²) in [6.07, 6.45) is 10.8. The number of carbonyl (C=O) groups is 3. The number of unbranched alkanes of at least 4 members (excludes halogenated alkanes) is 11. The molecule has 4 rings (SSSR count). The molecule has 0 saturated carbocycles. The summed E-state index contributed by atoms with van der Waals surface area (Å²) in [5, 5.41) is 3.60. The first kappa shape index (κ1) is 60.0. The third-order valence-electron chi connectivity index (χ3n) is 14.3. The highest BCUT2D eigenvalue weighted by Gasteiger charge is 2.55. The lowest BCUT2D eigenvalue weighted by molar-refractivity contribution is -0.296. The van der Waals surface area contributed by atoms with Gasteiger partial charge in [0.15, 0.2) is 35.1 Å². The van der Waals surface area contributed by atoms with Crippen LogP contribution in [0, 0.1) is 0 Å². The van der Waals surface area contributed by atoms with Crippen LogP contribution in [0.1, 0.15) is 157 Å². The molecule has 1 saturated heterocycles. The maximum Gasteiger partial charge on any atom is 0.338 e. The first-order valence-corrected chi connectivity index (χ1v) is 32.1. The summed E-state index contributed by atoms with van der Waals surface area (Å²) >= 11 is 0. The van der Waals surface area contributed by atoms with Gasteiger partial charge in [-0.15, -0.1) is 0 Å². The second kappa shape index (κ2) is 29.3. The van der Waals surface area contributed by atoms with Gasteiger partial charge in [0.25, 0.3) is 0 Å². The lowest BCUT2D eigenvalue weighted by atomic mass is 9.98. The van der Waals surface area contributed by atoms with Crippen LogP contribution in [0.5, 0.6) is 0 Å². The molecule has 0 aliphatic carbocycles. The second-order valence-corrected chi connectivity index (χ2v) is 31.6. The summed E-state index contributed by atoms with van der Waals surface area (Å²) in [4.78, 5) is 45.3. The molecule has 0 amide bonds. The van der Waals surface area contributed by atoms with Crippen LogP contribution >= 0.6 is 0 Å². The highest BCUT2D eigenvalue weighted by Crippen LogP contribution is 2.42. The van der Waals surface area contributed by atoms with Crippen LogP contribution in [0.3, 0.4) is 0 Å². The van der Waals surface area contributed by atoms with Gasteiger partial charge in [-0.25, -0.2) is 14.4 Å². The van der Waals surface area contributed by atoms with Crippen molar-refractivity contribution >= 4 is 34.5 Å². The SMILES string of the molecule is CCCCCCCCCCCCCC=C[C@@H](OC(=O)c1ccccc1)[C@H](CO[C@H]1O[C@H](CO[Si](C)(C)C(C)(C)C)[C@@H](OC(=O)c2ccccc2)[C@H](OC(=O)c2ccccc2)[C@@H]1O[Si](C)(C)C(C)(C)C)N=[N+]=[N-]. The number of azide groups is 1. The van der Waals surface area contributed by atoms with Crippen LogP contribution in [0.15, 0.2) is 108 Å². The molecule has 0 bridgehead atoms. The Hall–Kier alpha value is -4.61. The van der Waals surface area contributed by atoms with Gasteiger partial charge in [0.05, 0.1) is 29.9 Å². The summed E-state index contributed by atoms with van der Waals surface area (Å²) < 4.78 is 46.7. The Morgan fingerprint density at radius 2 is 1.11 bits per heavy atom. The van der Waals surface area contributed by atoms with E-state index in [0.29, 0.717) is 11.1 Å². The van der Waals surface area contributed by atoms with Crippen LogP contribution in [0.4, 0.5) is 0 Å². The maximum absolute atomic E-state index is 14.3. The standard InChI is InChI=1S/C57H85N3O10Si2/c1-12-13-14-15-16-17-18-19-20-21-22-23-33-40-47(66-52(61)43-34-27-24-28-35-43)46(59-60-58)41-64-55-51(70-72(10,11)57(5,6)7)50(69-54(63)45-38-31-26-32-39-45)49(68-53(62)44-36-29-25-30-37-44)48(67-55)42-65-71(8,9)56(2,3)4/h24-40,46-51,55H,12-23,41-42H2,1-11H3/t46-,47+,48+,49+,50-,51-,55-/m0/s1. The Bertz CT molecular complexity index is 2160. The molecule has 0 aromatic heterocycles. The fourth-order valence-corrected chi connectivity index (χ4v) is 10.0. The van der Waals surface area contributed by atoms with Crippen molar-refractivity contribution in [3.63, 3.8) is 0 Å². The van der Waals surface area contributed by atoms with E-state index >= 15 is 0 Å². The van der Waals surface area contributed by atoms with E-state index in [0.717, 1.165) is 25.7 Å². The molecule has 0 unspecified atom stereocenters. The van der Waals surface area contributed by atoms with Gasteiger partial charge in [0.1, 0.15) is 24.4 Å². The summed E-state index contributed by atoms with van der Waals surface area (Å²) in [7, 11) is -5.29. The van der Waals surface area contributed by atoms with Crippen LogP contribution in [0.2, 0.25) is 36.3 Å². The van der Waals surface area contributed by atoms with E-state index in [-0.39, 0.29) is 28.9 Å². The first-order valence-electron chi connectivity index (χ1n) is 26.3. The number of benzene rings is 3. The van der Waals surface area contributed by atoms with Crippen molar-refractivity contribution in [3.8, 4) is 0 Å². The number of ether oxygens (including phenoxy) is 5. The Kier molecular flexibility index (Phi) is 24.4. The first-order chi connectivity index (χ1) is 34.2. The van der Waals surface area contributed by atoms with Crippen molar-refractivity contribution in [1.82, 2.24) is 0 Å². The van der Waals surface area contributed by atoms with Crippen molar-refractivity contribution < 1.29 is 46.9 Å². The number of hydrogen-bond donors (Lipinski definition) is 0. The summed E-state index contributed by atoms with van der Waals surface area (Å²) in [6.45, 7) is 22.8. The molecule has 3 aromatic carbocycles. The van der Waals surface area contributed by atoms with E-state index in [2.05, 4.69) is 84.7 Å².